The van der Waals surface area contributed by atoms with Gasteiger partial charge in [-0.25, -0.2) is 14.8 Å². The monoisotopic (exact) mass is 340 g/mol. The lowest BCUT2D eigenvalue weighted by atomic mass is 10.0. The third-order valence-electron chi connectivity index (χ3n) is 3.68. The van der Waals surface area contributed by atoms with Crippen molar-refractivity contribution in [3.05, 3.63) is 23.2 Å². The van der Waals surface area contributed by atoms with Crippen LogP contribution in [0.5, 0.6) is 0 Å². The van der Waals surface area contributed by atoms with E-state index in [0.717, 1.165) is 25.1 Å². The fraction of sp³-hybridized carbons (Fsp3) is 0.688. The summed E-state index contributed by atoms with van der Waals surface area (Å²) >= 11 is 5.85. The Kier molecular flexibility index (Phi) is 6.18. The number of amides is 1. The van der Waals surface area contributed by atoms with Crippen LogP contribution in [0.15, 0.2) is 12.3 Å². The highest BCUT2D eigenvalue weighted by atomic mass is 35.5. The van der Waals surface area contributed by atoms with Gasteiger partial charge in [0.25, 0.3) is 0 Å². The summed E-state index contributed by atoms with van der Waals surface area (Å²) < 4.78 is 5.29. The van der Waals surface area contributed by atoms with Crippen molar-refractivity contribution in [1.82, 2.24) is 20.2 Å². The van der Waals surface area contributed by atoms with Crippen molar-refractivity contribution in [3.63, 3.8) is 0 Å². The molecule has 0 spiro atoms. The summed E-state index contributed by atoms with van der Waals surface area (Å²) in [6, 6.07) is 2.16. The van der Waals surface area contributed by atoms with E-state index in [0.29, 0.717) is 13.1 Å². The Morgan fingerprint density at radius 1 is 1.48 bits per heavy atom. The van der Waals surface area contributed by atoms with Gasteiger partial charge in [-0.2, -0.15) is 0 Å². The Balaban J connectivity index is 1.89. The third-order valence-corrected chi connectivity index (χ3v) is 3.86. The molecule has 0 saturated carbocycles. The van der Waals surface area contributed by atoms with E-state index < -0.39 is 5.60 Å². The van der Waals surface area contributed by atoms with Gasteiger partial charge in [0, 0.05) is 25.3 Å². The molecule has 2 heterocycles. The molecule has 23 heavy (non-hydrogen) atoms. The summed E-state index contributed by atoms with van der Waals surface area (Å²) in [5.74, 6) is 0. The number of nitrogens with zero attached hydrogens (tertiary/aromatic N) is 3. The van der Waals surface area contributed by atoms with Crippen LogP contribution in [-0.2, 0) is 11.3 Å². The van der Waals surface area contributed by atoms with E-state index >= 15 is 0 Å². The molecule has 0 unspecified atom stereocenters. The van der Waals surface area contributed by atoms with Crippen molar-refractivity contribution in [3.8, 4) is 0 Å². The summed E-state index contributed by atoms with van der Waals surface area (Å²) in [5.41, 5.74) is 0.419. The number of alkyl carbamates (subject to hydrolysis) is 1. The predicted molar refractivity (Wildman–Crippen MR) is 89.3 cm³/mol. The minimum atomic E-state index is -0.478. The molecule has 1 fully saturated rings. The summed E-state index contributed by atoms with van der Waals surface area (Å²) in [5, 5.41) is 3.14. The van der Waals surface area contributed by atoms with Crippen molar-refractivity contribution in [2.24, 2.45) is 0 Å². The highest BCUT2D eigenvalue weighted by molar-refractivity contribution is 6.28. The minimum absolute atomic E-state index is 0.267. The molecular formula is C16H25ClN4O2. The number of halogens is 1. The maximum absolute atomic E-state index is 11.8. The molecular weight excluding hydrogens is 316 g/mol. The van der Waals surface area contributed by atoms with Gasteiger partial charge in [-0.3, -0.25) is 4.90 Å². The van der Waals surface area contributed by atoms with Crippen LogP contribution in [-0.4, -0.2) is 45.7 Å². The second kappa shape index (κ2) is 7.93. The number of carbonyl (C=O) groups is 1. The van der Waals surface area contributed by atoms with Crippen molar-refractivity contribution >= 4 is 17.7 Å². The van der Waals surface area contributed by atoms with Crippen LogP contribution in [0.4, 0.5) is 4.79 Å². The topological polar surface area (TPSA) is 67.3 Å². The largest absolute Gasteiger partial charge is 0.444 e. The summed E-state index contributed by atoms with van der Waals surface area (Å²) in [6.45, 7) is 7.86. The average Bonchev–Trinajstić information content (AvgIpc) is 2.44. The zero-order chi connectivity index (χ0) is 16.9. The van der Waals surface area contributed by atoms with Crippen LogP contribution in [0.25, 0.3) is 0 Å². The molecule has 1 aromatic rings. The minimum Gasteiger partial charge on any atom is -0.444 e. The molecule has 128 valence electrons. The molecule has 0 aliphatic carbocycles. The molecule has 1 aliphatic rings. The lowest BCUT2D eigenvalue weighted by Crippen LogP contribution is -2.47. The first-order valence-corrected chi connectivity index (χ1v) is 8.39. The first kappa shape index (κ1) is 17.9. The lowest BCUT2D eigenvalue weighted by molar-refractivity contribution is 0.0491. The normalized spacial score (nSPS) is 19.4. The summed E-state index contributed by atoms with van der Waals surface area (Å²) in [4.78, 5) is 22.3. The Morgan fingerprint density at radius 2 is 2.26 bits per heavy atom. The van der Waals surface area contributed by atoms with E-state index in [2.05, 4.69) is 20.2 Å². The lowest BCUT2D eigenvalue weighted by Gasteiger charge is -2.35. The van der Waals surface area contributed by atoms with E-state index in [1.807, 2.05) is 26.8 Å². The number of piperidine rings is 1. The van der Waals surface area contributed by atoms with Crippen LogP contribution in [0.3, 0.4) is 0 Å². The highest BCUT2D eigenvalue weighted by Crippen LogP contribution is 2.19. The second-order valence-corrected chi connectivity index (χ2v) is 7.16. The molecule has 1 N–H and O–H groups in total. The Hall–Kier alpha value is -1.40. The van der Waals surface area contributed by atoms with Gasteiger partial charge >= 0.3 is 6.09 Å². The molecule has 1 saturated heterocycles. The van der Waals surface area contributed by atoms with E-state index in [1.165, 1.54) is 6.42 Å². The van der Waals surface area contributed by atoms with Crippen molar-refractivity contribution < 1.29 is 9.53 Å². The Morgan fingerprint density at radius 3 is 2.96 bits per heavy atom. The van der Waals surface area contributed by atoms with Gasteiger partial charge < -0.3 is 10.1 Å². The van der Waals surface area contributed by atoms with Crippen molar-refractivity contribution in [2.75, 3.05) is 13.1 Å². The van der Waals surface area contributed by atoms with Gasteiger partial charge in [0.2, 0.25) is 5.28 Å². The SMILES string of the molecule is CC(C)(C)OC(=O)NC[C@@H]1CCCCN1Cc1ccnc(Cl)n1. The van der Waals surface area contributed by atoms with Crippen molar-refractivity contribution in [1.29, 1.82) is 0 Å². The third kappa shape index (κ3) is 6.31. The number of hydrogen-bond donors (Lipinski definition) is 1. The molecule has 1 amide bonds. The number of rotatable bonds is 4. The molecule has 7 heteroatoms. The zero-order valence-corrected chi connectivity index (χ0v) is 14.8. The first-order valence-electron chi connectivity index (χ1n) is 8.02. The van der Waals surface area contributed by atoms with Crippen LogP contribution < -0.4 is 5.32 Å². The van der Waals surface area contributed by atoms with E-state index in [1.54, 1.807) is 6.20 Å². The quantitative estimate of drug-likeness (QED) is 0.853. The standard InChI is InChI=1S/C16H25ClN4O2/c1-16(2,3)23-15(22)19-10-13-6-4-5-9-21(13)11-12-7-8-18-14(17)20-12/h7-8,13H,4-6,9-11H2,1-3H3,(H,19,22)/t13-/m0/s1. The molecule has 6 nitrogen and oxygen atoms in total. The van der Waals surface area contributed by atoms with Gasteiger partial charge in [0.1, 0.15) is 5.60 Å². The molecule has 0 aromatic carbocycles. The van der Waals surface area contributed by atoms with Crippen LogP contribution in [0, 0.1) is 0 Å². The molecule has 2 rings (SSSR count). The van der Waals surface area contributed by atoms with Crippen LogP contribution in [0.1, 0.15) is 45.7 Å². The number of aromatic nitrogens is 2. The van der Waals surface area contributed by atoms with Gasteiger partial charge in [0.05, 0.1) is 5.69 Å². The number of hydrogen-bond acceptors (Lipinski definition) is 5. The summed E-state index contributed by atoms with van der Waals surface area (Å²) in [7, 11) is 0. The number of ether oxygens (including phenoxy) is 1. The van der Waals surface area contributed by atoms with Crippen LogP contribution in [0.2, 0.25) is 5.28 Å². The van der Waals surface area contributed by atoms with E-state index in [9.17, 15) is 4.79 Å². The Labute approximate surface area is 142 Å². The van der Waals surface area contributed by atoms with E-state index in [-0.39, 0.29) is 17.4 Å². The first-order chi connectivity index (χ1) is 10.8. The van der Waals surface area contributed by atoms with Gasteiger partial charge in [-0.1, -0.05) is 6.42 Å². The zero-order valence-electron chi connectivity index (χ0n) is 14.0. The number of nitrogens with one attached hydrogen (secondary N) is 1. The van der Waals surface area contributed by atoms with E-state index in [4.69, 9.17) is 16.3 Å². The summed E-state index contributed by atoms with van der Waals surface area (Å²) in [6.07, 6.45) is 4.67. The molecule has 0 radical (unpaired) electrons. The highest BCUT2D eigenvalue weighted by Gasteiger charge is 2.24. The predicted octanol–water partition coefficient (Wildman–Crippen LogP) is 3.01. The maximum atomic E-state index is 11.8. The second-order valence-electron chi connectivity index (χ2n) is 6.82. The molecule has 0 bridgehead atoms. The maximum Gasteiger partial charge on any atom is 0.407 e. The molecule has 1 aromatic heterocycles. The van der Waals surface area contributed by atoms with Gasteiger partial charge in [-0.15, -0.1) is 0 Å². The molecule has 1 aliphatic heterocycles. The van der Waals surface area contributed by atoms with Crippen LogP contribution >= 0.6 is 11.6 Å². The Bertz CT molecular complexity index is 533. The fourth-order valence-electron chi connectivity index (χ4n) is 2.68. The fourth-order valence-corrected chi connectivity index (χ4v) is 2.85. The van der Waals surface area contributed by atoms with Gasteiger partial charge in [0.15, 0.2) is 0 Å². The number of carbonyl (C=O) groups excluding carboxylic acids is 1. The number of likely N-dealkylation sites (tertiary alicyclic amines) is 1. The van der Waals surface area contributed by atoms with Gasteiger partial charge in [-0.05, 0) is 57.8 Å². The molecule has 1 atom stereocenters. The average molecular weight is 341 g/mol. The van der Waals surface area contributed by atoms with Crippen molar-refractivity contribution in [2.45, 2.75) is 58.2 Å². The smallest absolute Gasteiger partial charge is 0.407 e.